The van der Waals surface area contributed by atoms with E-state index in [9.17, 15) is 10.1 Å². The van der Waals surface area contributed by atoms with E-state index >= 15 is 0 Å². The average molecular weight is 525 g/mol. The Bertz CT molecular complexity index is 1250. The second-order valence-electron chi connectivity index (χ2n) is 6.80. The molecule has 0 unspecified atom stereocenters. The van der Waals surface area contributed by atoms with Crippen LogP contribution in [0.5, 0.6) is 0 Å². The molecular formula is C24H17BrN2O3S2. The third-order valence-corrected chi connectivity index (χ3v) is 7.23. The van der Waals surface area contributed by atoms with Gasteiger partial charge < -0.3 is 4.42 Å². The summed E-state index contributed by atoms with van der Waals surface area (Å²) in [6.07, 6.45) is 1.70. The van der Waals surface area contributed by atoms with Gasteiger partial charge in [0.15, 0.2) is 5.09 Å². The van der Waals surface area contributed by atoms with E-state index in [1.807, 2.05) is 30.3 Å². The Morgan fingerprint density at radius 2 is 1.47 bits per heavy atom. The maximum atomic E-state index is 10.8. The van der Waals surface area contributed by atoms with E-state index in [0.717, 1.165) is 29.9 Å². The number of aryl methyl sites for hydroxylation is 1. The quantitative estimate of drug-likeness (QED) is 0.138. The maximum absolute atomic E-state index is 10.8. The normalized spacial score (nSPS) is 11.2. The van der Waals surface area contributed by atoms with Crippen molar-refractivity contribution >= 4 is 57.0 Å². The molecule has 0 saturated carbocycles. The molecule has 0 bridgehead atoms. The average Bonchev–Trinajstić information content (AvgIpc) is 3.14. The summed E-state index contributed by atoms with van der Waals surface area (Å²) in [5.74, 6) is 0.663. The second kappa shape index (κ2) is 10.2. The first-order valence-electron chi connectivity index (χ1n) is 9.56. The number of nitro groups is 1. The molecule has 8 heteroatoms. The fourth-order valence-electron chi connectivity index (χ4n) is 2.73. The number of halogens is 1. The van der Waals surface area contributed by atoms with Crippen LogP contribution in [-0.2, 0) is 0 Å². The monoisotopic (exact) mass is 524 g/mol. The van der Waals surface area contributed by atoms with Gasteiger partial charge in [0, 0.05) is 32.9 Å². The first-order chi connectivity index (χ1) is 15.5. The molecule has 32 heavy (non-hydrogen) atoms. The highest BCUT2D eigenvalue weighted by Crippen LogP contribution is 2.36. The number of aliphatic imine (C=N–C) groups is 1. The van der Waals surface area contributed by atoms with Crippen LogP contribution in [0.25, 0.3) is 0 Å². The van der Waals surface area contributed by atoms with Crippen molar-refractivity contribution in [3.8, 4) is 0 Å². The molecule has 1 heterocycles. The van der Waals surface area contributed by atoms with E-state index in [-0.39, 0.29) is 5.69 Å². The standard InChI is InChI=1S/C24H17BrN2O3S2/c1-16-2-8-22(9-3-16)32-24-23(25)14-19(30-24)15-26-17-4-10-20(11-5-17)31-21-12-6-18(7-13-21)27(28)29/h2-15H,1H3. The fourth-order valence-corrected chi connectivity index (χ4v) is 4.87. The summed E-state index contributed by atoms with van der Waals surface area (Å²) >= 11 is 6.64. The summed E-state index contributed by atoms with van der Waals surface area (Å²) in [5, 5.41) is 11.5. The lowest BCUT2D eigenvalue weighted by atomic mass is 10.2. The Balaban J connectivity index is 1.39. The summed E-state index contributed by atoms with van der Waals surface area (Å²) in [5.41, 5.74) is 2.11. The number of benzene rings is 3. The van der Waals surface area contributed by atoms with Crippen LogP contribution < -0.4 is 0 Å². The molecule has 0 aliphatic rings. The van der Waals surface area contributed by atoms with Crippen LogP contribution in [0.3, 0.4) is 0 Å². The number of hydrogen-bond acceptors (Lipinski definition) is 6. The molecule has 4 aromatic rings. The molecule has 0 amide bonds. The molecule has 3 aromatic carbocycles. The molecule has 5 nitrogen and oxygen atoms in total. The van der Waals surface area contributed by atoms with Crippen molar-refractivity contribution in [1.29, 1.82) is 0 Å². The zero-order valence-electron chi connectivity index (χ0n) is 16.9. The van der Waals surface area contributed by atoms with E-state index in [1.165, 1.54) is 29.5 Å². The summed E-state index contributed by atoms with van der Waals surface area (Å²) in [6, 6.07) is 24.5. The molecule has 0 radical (unpaired) electrons. The van der Waals surface area contributed by atoms with Crippen LogP contribution in [0.4, 0.5) is 11.4 Å². The minimum atomic E-state index is -0.400. The van der Waals surface area contributed by atoms with Crippen LogP contribution >= 0.6 is 39.5 Å². The van der Waals surface area contributed by atoms with Gasteiger partial charge in [-0.05, 0) is 71.4 Å². The van der Waals surface area contributed by atoms with Gasteiger partial charge in [-0.3, -0.25) is 15.1 Å². The first kappa shape index (κ1) is 22.4. The molecule has 0 aliphatic carbocycles. The molecular weight excluding hydrogens is 508 g/mol. The predicted molar refractivity (Wildman–Crippen MR) is 133 cm³/mol. The van der Waals surface area contributed by atoms with Gasteiger partial charge in [0.25, 0.3) is 5.69 Å². The Hall–Kier alpha value is -2.81. The highest BCUT2D eigenvalue weighted by molar-refractivity contribution is 9.10. The number of furan rings is 1. The lowest BCUT2D eigenvalue weighted by Gasteiger charge is -2.02. The second-order valence-corrected chi connectivity index (χ2v) is 9.85. The smallest absolute Gasteiger partial charge is 0.269 e. The van der Waals surface area contributed by atoms with Crippen molar-refractivity contribution in [3.63, 3.8) is 0 Å². The molecule has 0 N–H and O–H groups in total. The van der Waals surface area contributed by atoms with Gasteiger partial charge in [-0.25, -0.2) is 0 Å². The minimum absolute atomic E-state index is 0.0871. The van der Waals surface area contributed by atoms with Crippen LogP contribution in [0, 0.1) is 17.0 Å². The lowest BCUT2D eigenvalue weighted by Crippen LogP contribution is -1.86. The summed E-state index contributed by atoms with van der Waals surface area (Å²) in [6.45, 7) is 2.06. The number of hydrogen-bond donors (Lipinski definition) is 0. The number of rotatable bonds is 7. The molecule has 0 fully saturated rings. The van der Waals surface area contributed by atoms with Gasteiger partial charge in [-0.2, -0.15) is 0 Å². The Morgan fingerprint density at radius 1 is 0.906 bits per heavy atom. The van der Waals surface area contributed by atoms with Gasteiger partial charge in [0.2, 0.25) is 0 Å². The zero-order valence-corrected chi connectivity index (χ0v) is 20.1. The topological polar surface area (TPSA) is 68.6 Å². The van der Waals surface area contributed by atoms with Crippen LogP contribution in [0.1, 0.15) is 11.3 Å². The predicted octanol–water partition coefficient (Wildman–Crippen LogP) is 8.31. The third kappa shape index (κ3) is 5.91. The SMILES string of the molecule is Cc1ccc(Sc2oc(C=Nc3ccc(Sc4ccc([N+](=O)[O-])cc4)cc3)cc2Br)cc1. The highest BCUT2D eigenvalue weighted by Gasteiger charge is 2.10. The molecule has 160 valence electrons. The molecule has 1 aromatic heterocycles. The Labute approximate surface area is 202 Å². The van der Waals surface area contributed by atoms with E-state index in [2.05, 4.69) is 52.1 Å². The van der Waals surface area contributed by atoms with Crippen molar-refractivity contribution in [2.75, 3.05) is 0 Å². The number of nitro benzene ring substituents is 1. The van der Waals surface area contributed by atoms with Crippen molar-refractivity contribution in [3.05, 3.63) is 105 Å². The first-order valence-corrected chi connectivity index (χ1v) is 12.0. The van der Waals surface area contributed by atoms with Crippen LogP contribution in [-0.4, -0.2) is 11.1 Å². The molecule has 0 aliphatic heterocycles. The highest BCUT2D eigenvalue weighted by atomic mass is 79.9. The van der Waals surface area contributed by atoms with Gasteiger partial charge in [-0.15, -0.1) is 0 Å². The van der Waals surface area contributed by atoms with Crippen molar-refractivity contribution in [2.45, 2.75) is 26.7 Å². The Kier molecular flexibility index (Phi) is 7.14. The number of nitrogens with zero attached hydrogens (tertiary/aromatic N) is 2. The van der Waals surface area contributed by atoms with E-state index in [0.29, 0.717) is 5.76 Å². The molecule has 0 saturated heterocycles. The van der Waals surface area contributed by atoms with Crippen molar-refractivity contribution < 1.29 is 9.34 Å². The largest absolute Gasteiger partial charge is 0.447 e. The maximum Gasteiger partial charge on any atom is 0.269 e. The summed E-state index contributed by atoms with van der Waals surface area (Å²) < 4.78 is 6.80. The van der Waals surface area contributed by atoms with E-state index in [1.54, 1.807) is 30.1 Å². The molecule has 0 spiro atoms. The van der Waals surface area contributed by atoms with E-state index in [4.69, 9.17) is 4.42 Å². The van der Waals surface area contributed by atoms with Gasteiger partial charge in [-0.1, -0.05) is 41.2 Å². The van der Waals surface area contributed by atoms with Gasteiger partial charge in [0.05, 0.1) is 21.3 Å². The summed E-state index contributed by atoms with van der Waals surface area (Å²) in [4.78, 5) is 17.9. The zero-order chi connectivity index (χ0) is 22.5. The van der Waals surface area contributed by atoms with E-state index < -0.39 is 4.92 Å². The molecule has 4 rings (SSSR count). The van der Waals surface area contributed by atoms with Crippen molar-refractivity contribution in [2.24, 2.45) is 4.99 Å². The Morgan fingerprint density at radius 3 is 2.09 bits per heavy atom. The minimum Gasteiger partial charge on any atom is -0.447 e. The van der Waals surface area contributed by atoms with Crippen LogP contribution in [0.15, 0.2) is 113 Å². The van der Waals surface area contributed by atoms with Crippen molar-refractivity contribution in [1.82, 2.24) is 0 Å². The fraction of sp³-hybridized carbons (Fsp3) is 0.0417. The van der Waals surface area contributed by atoms with Gasteiger partial charge in [0.1, 0.15) is 5.76 Å². The summed E-state index contributed by atoms with van der Waals surface area (Å²) in [7, 11) is 0. The molecule has 0 atom stereocenters. The van der Waals surface area contributed by atoms with Gasteiger partial charge >= 0.3 is 0 Å². The number of non-ortho nitro benzene ring substituents is 1. The van der Waals surface area contributed by atoms with Crippen LogP contribution in [0.2, 0.25) is 0 Å². The third-order valence-electron chi connectivity index (χ3n) is 4.37. The lowest BCUT2D eigenvalue weighted by molar-refractivity contribution is -0.384.